The first kappa shape index (κ1) is 15.7. The number of alkyl halides is 3. The van der Waals surface area contributed by atoms with E-state index in [2.05, 4.69) is 15.9 Å². The fourth-order valence-corrected chi connectivity index (χ4v) is 1.67. The average molecular weight is 320 g/mol. The van der Waals surface area contributed by atoms with E-state index in [4.69, 9.17) is 11.5 Å². The predicted molar refractivity (Wildman–Crippen MR) is 62.4 cm³/mol. The fourth-order valence-electron chi connectivity index (χ4n) is 1.13. The molecule has 0 spiro atoms. The Kier molecular flexibility index (Phi) is 5.75. The predicted octanol–water partition coefficient (Wildman–Crippen LogP) is 2.85. The summed E-state index contributed by atoms with van der Waals surface area (Å²) in [5, 5.41) is 0. The molecule has 92 valence electrons. The molecule has 1 aromatic carbocycles. The molecule has 0 aliphatic heterocycles. The molecule has 0 aliphatic carbocycles. The Bertz CT molecular complexity index is 357. The van der Waals surface area contributed by atoms with E-state index in [0.717, 1.165) is 12.1 Å². The van der Waals surface area contributed by atoms with E-state index in [9.17, 15) is 13.2 Å². The van der Waals surface area contributed by atoms with E-state index in [1.54, 1.807) is 0 Å². The number of rotatable bonds is 2. The Labute approximate surface area is 106 Å². The molecule has 7 heteroatoms. The summed E-state index contributed by atoms with van der Waals surface area (Å²) in [5.41, 5.74) is 10.5. The lowest BCUT2D eigenvalue weighted by atomic mass is 10.0. The van der Waals surface area contributed by atoms with Gasteiger partial charge in [-0.05, 0) is 23.8 Å². The van der Waals surface area contributed by atoms with Crippen LogP contribution in [0.5, 0.6) is 0 Å². The molecule has 1 atom stereocenters. The summed E-state index contributed by atoms with van der Waals surface area (Å²) in [6.45, 7) is 0.0971. The molecule has 0 aliphatic rings. The second-order valence-corrected chi connectivity index (χ2v) is 3.93. The van der Waals surface area contributed by atoms with Crippen molar-refractivity contribution in [1.29, 1.82) is 0 Å². The average Bonchev–Trinajstić information content (AvgIpc) is 2.15. The first-order valence-electron chi connectivity index (χ1n) is 4.18. The van der Waals surface area contributed by atoms with Gasteiger partial charge in [0, 0.05) is 17.1 Å². The molecule has 0 heterocycles. The smallest absolute Gasteiger partial charge is 0.329 e. The Balaban J connectivity index is 0.00000225. The third kappa shape index (κ3) is 3.62. The minimum atomic E-state index is -4.36. The topological polar surface area (TPSA) is 52.0 Å². The molecule has 16 heavy (non-hydrogen) atoms. The minimum absolute atomic E-state index is 0. The monoisotopic (exact) mass is 318 g/mol. The molecule has 4 N–H and O–H groups in total. The number of hydrogen-bond acceptors (Lipinski definition) is 2. The van der Waals surface area contributed by atoms with Gasteiger partial charge in [-0.1, -0.05) is 15.9 Å². The van der Waals surface area contributed by atoms with Crippen LogP contribution in [-0.2, 0) is 6.18 Å². The van der Waals surface area contributed by atoms with Gasteiger partial charge in [-0.3, -0.25) is 0 Å². The summed E-state index contributed by atoms with van der Waals surface area (Å²) in [7, 11) is 0. The normalized spacial score (nSPS) is 13.1. The second kappa shape index (κ2) is 5.86. The van der Waals surface area contributed by atoms with E-state index in [1.165, 1.54) is 6.07 Å². The Hall–Kier alpha value is -0.300. The van der Waals surface area contributed by atoms with Crippen LogP contribution in [0, 0.1) is 0 Å². The highest BCUT2D eigenvalue weighted by Gasteiger charge is 2.31. The van der Waals surface area contributed by atoms with Crippen LogP contribution < -0.4 is 11.5 Å². The van der Waals surface area contributed by atoms with Crippen molar-refractivity contribution in [2.24, 2.45) is 11.5 Å². The highest BCUT2D eigenvalue weighted by atomic mass is 79.9. The zero-order valence-electron chi connectivity index (χ0n) is 8.09. The van der Waals surface area contributed by atoms with Gasteiger partial charge in [0.25, 0.3) is 0 Å². The molecule has 0 bridgehead atoms. The lowest BCUT2D eigenvalue weighted by Crippen LogP contribution is -2.21. The highest BCUT2D eigenvalue weighted by Crippen LogP contribution is 2.33. The van der Waals surface area contributed by atoms with E-state index < -0.39 is 17.8 Å². The second-order valence-electron chi connectivity index (χ2n) is 3.08. The Morgan fingerprint density at radius 3 is 2.31 bits per heavy atom. The van der Waals surface area contributed by atoms with Crippen LogP contribution in [0.25, 0.3) is 0 Å². The maximum Gasteiger partial charge on any atom is 0.416 e. The van der Waals surface area contributed by atoms with Crippen LogP contribution in [0.3, 0.4) is 0 Å². The van der Waals surface area contributed by atoms with Crippen LogP contribution >= 0.6 is 28.3 Å². The van der Waals surface area contributed by atoms with Crippen molar-refractivity contribution >= 4 is 28.3 Å². The molecule has 0 saturated carbocycles. The van der Waals surface area contributed by atoms with Gasteiger partial charge in [-0.25, -0.2) is 0 Å². The van der Waals surface area contributed by atoms with Crippen LogP contribution in [-0.4, -0.2) is 6.54 Å². The van der Waals surface area contributed by atoms with Gasteiger partial charge < -0.3 is 11.5 Å². The van der Waals surface area contributed by atoms with Crippen molar-refractivity contribution in [3.05, 3.63) is 33.8 Å². The standard InChI is InChI=1S/C9H10BrF3N2.ClH/c10-7-2-1-5(9(11,12)13)3-6(7)8(15)4-14;/h1-3,8H,4,14-15H2;1H/t8-;/m1./s1. The van der Waals surface area contributed by atoms with Crippen molar-refractivity contribution in [3.8, 4) is 0 Å². The van der Waals surface area contributed by atoms with Gasteiger partial charge in [0.05, 0.1) is 5.56 Å². The number of hydrogen-bond donors (Lipinski definition) is 2. The molecule has 2 nitrogen and oxygen atoms in total. The molecule has 0 aromatic heterocycles. The molecular weight excluding hydrogens is 308 g/mol. The van der Waals surface area contributed by atoms with Gasteiger partial charge in [0.1, 0.15) is 0 Å². The molecule has 1 aromatic rings. The summed E-state index contributed by atoms with van der Waals surface area (Å²) >= 11 is 3.14. The first-order valence-corrected chi connectivity index (χ1v) is 4.98. The van der Waals surface area contributed by atoms with Crippen LogP contribution in [0.1, 0.15) is 17.2 Å². The summed E-state index contributed by atoms with van der Waals surface area (Å²) in [6.07, 6.45) is -4.36. The molecule has 0 unspecified atom stereocenters. The summed E-state index contributed by atoms with van der Waals surface area (Å²) in [6, 6.07) is 2.74. The first-order chi connectivity index (χ1) is 6.86. The number of halogens is 5. The quantitative estimate of drug-likeness (QED) is 0.880. The van der Waals surface area contributed by atoms with Crippen molar-refractivity contribution in [2.75, 3.05) is 6.54 Å². The highest BCUT2D eigenvalue weighted by molar-refractivity contribution is 9.10. The minimum Gasteiger partial charge on any atom is -0.329 e. The van der Waals surface area contributed by atoms with Crippen LogP contribution in [0.2, 0.25) is 0 Å². The van der Waals surface area contributed by atoms with Crippen molar-refractivity contribution in [1.82, 2.24) is 0 Å². The maximum atomic E-state index is 12.4. The number of benzene rings is 1. The Morgan fingerprint density at radius 1 is 1.31 bits per heavy atom. The lowest BCUT2D eigenvalue weighted by molar-refractivity contribution is -0.137. The molecular formula is C9H11BrClF3N2. The summed E-state index contributed by atoms with van der Waals surface area (Å²) in [5.74, 6) is 0. The Morgan fingerprint density at radius 2 is 1.88 bits per heavy atom. The van der Waals surface area contributed by atoms with Gasteiger partial charge in [-0.15, -0.1) is 12.4 Å². The van der Waals surface area contributed by atoms with E-state index >= 15 is 0 Å². The summed E-state index contributed by atoms with van der Waals surface area (Å²) < 4.78 is 37.7. The number of nitrogens with two attached hydrogens (primary N) is 2. The zero-order valence-corrected chi connectivity index (χ0v) is 10.5. The third-order valence-electron chi connectivity index (χ3n) is 1.98. The van der Waals surface area contributed by atoms with Gasteiger partial charge in [-0.2, -0.15) is 13.2 Å². The lowest BCUT2D eigenvalue weighted by Gasteiger charge is -2.14. The van der Waals surface area contributed by atoms with E-state index in [0.29, 0.717) is 10.0 Å². The van der Waals surface area contributed by atoms with Crippen molar-refractivity contribution in [2.45, 2.75) is 12.2 Å². The van der Waals surface area contributed by atoms with Gasteiger partial charge in [0.2, 0.25) is 0 Å². The van der Waals surface area contributed by atoms with Crippen LogP contribution in [0.4, 0.5) is 13.2 Å². The van der Waals surface area contributed by atoms with Crippen molar-refractivity contribution in [3.63, 3.8) is 0 Å². The maximum absolute atomic E-state index is 12.4. The van der Waals surface area contributed by atoms with Crippen molar-refractivity contribution < 1.29 is 13.2 Å². The van der Waals surface area contributed by atoms with E-state index in [1.807, 2.05) is 0 Å². The molecule has 0 fully saturated rings. The van der Waals surface area contributed by atoms with Crippen LogP contribution in [0.15, 0.2) is 22.7 Å². The largest absolute Gasteiger partial charge is 0.416 e. The summed E-state index contributed by atoms with van der Waals surface area (Å²) in [4.78, 5) is 0. The van der Waals surface area contributed by atoms with E-state index in [-0.39, 0.29) is 19.0 Å². The molecule has 0 radical (unpaired) electrons. The molecule has 0 saturated heterocycles. The SMILES string of the molecule is Cl.NC[C@@H](N)c1cc(C(F)(F)F)ccc1Br. The molecule has 1 rings (SSSR count). The van der Waals surface area contributed by atoms with Gasteiger partial charge >= 0.3 is 6.18 Å². The fraction of sp³-hybridized carbons (Fsp3) is 0.333. The zero-order chi connectivity index (χ0) is 11.6. The molecule has 0 amide bonds. The third-order valence-corrected chi connectivity index (χ3v) is 2.70. The van der Waals surface area contributed by atoms with Gasteiger partial charge in [0.15, 0.2) is 0 Å².